The maximum absolute atomic E-state index is 13.8. The molecule has 12 heteroatoms. The van der Waals surface area contributed by atoms with Crippen LogP contribution in [0.15, 0.2) is 59.8 Å². The number of rotatable bonds is 7. The normalized spacial score (nSPS) is 14.6. The van der Waals surface area contributed by atoms with Crippen molar-refractivity contribution in [2.75, 3.05) is 4.31 Å². The number of hydrogen-bond acceptors (Lipinski definition) is 4. The van der Waals surface area contributed by atoms with Crippen LogP contribution in [0.2, 0.25) is 5.02 Å². The molecule has 2 aromatic heterocycles. The Kier molecular flexibility index (Phi) is 6.45. The van der Waals surface area contributed by atoms with Crippen molar-refractivity contribution in [3.63, 3.8) is 0 Å². The third kappa shape index (κ3) is 5.05. The number of aryl methyl sites for hydroxylation is 1. The summed E-state index contributed by atoms with van der Waals surface area (Å²) in [6.45, 7) is 1.62. The number of aromatic carboxylic acids is 1. The highest BCUT2D eigenvalue weighted by Gasteiger charge is 2.33. The molecule has 7 nitrogen and oxygen atoms in total. The lowest BCUT2D eigenvalue weighted by Crippen LogP contribution is -2.27. The first-order valence-corrected chi connectivity index (χ1v) is 12.7. The molecule has 192 valence electrons. The molecule has 0 amide bonds. The van der Waals surface area contributed by atoms with Crippen LogP contribution in [0.25, 0.3) is 10.9 Å². The molecule has 0 saturated heterocycles. The van der Waals surface area contributed by atoms with Gasteiger partial charge in [0.1, 0.15) is 0 Å². The minimum atomic E-state index is -4.64. The van der Waals surface area contributed by atoms with Crippen LogP contribution in [0.5, 0.6) is 0 Å². The zero-order valence-corrected chi connectivity index (χ0v) is 20.9. The Morgan fingerprint density at radius 2 is 1.95 bits per heavy atom. The van der Waals surface area contributed by atoms with E-state index in [9.17, 15) is 27.3 Å². The molecule has 4 aromatic rings. The smallest absolute Gasteiger partial charge is 0.417 e. The molecular weight excluding hydrogens is 529 g/mol. The summed E-state index contributed by atoms with van der Waals surface area (Å²) in [6.07, 6.45) is -0.104. The second kappa shape index (κ2) is 9.46. The van der Waals surface area contributed by atoms with E-state index in [2.05, 4.69) is 10.1 Å². The van der Waals surface area contributed by atoms with Gasteiger partial charge < -0.3 is 5.11 Å². The van der Waals surface area contributed by atoms with Crippen LogP contribution in [0, 0.1) is 6.92 Å². The SMILES string of the molecule is Cc1cc(C(=O)O)ccc1S(=O)N(Cc1ccc2c(cnn2C2CC2)c1)c1ncc(C(F)(F)F)cc1Cl. The lowest BCUT2D eigenvalue weighted by Gasteiger charge is -2.25. The Morgan fingerprint density at radius 3 is 2.57 bits per heavy atom. The Morgan fingerprint density at radius 1 is 1.19 bits per heavy atom. The van der Waals surface area contributed by atoms with Gasteiger partial charge in [-0.2, -0.15) is 18.3 Å². The number of benzene rings is 2. The predicted octanol–water partition coefficient (Wildman–Crippen LogP) is 6.17. The van der Waals surface area contributed by atoms with Gasteiger partial charge in [0.2, 0.25) is 0 Å². The molecule has 37 heavy (non-hydrogen) atoms. The van der Waals surface area contributed by atoms with Gasteiger partial charge in [0.15, 0.2) is 16.8 Å². The fraction of sp³-hybridized carbons (Fsp3) is 0.240. The number of carboxylic acid groups (broad SMARTS) is 1. The zero-order chi connectivity index (χ0) is 26.5. The minimum Gasteiger partial charge on any atom is -0.478 e. The number of aromatic nitrogens is 3. The van der Waals surface area contributed by atoms with Gasteiger partial charge in [0.05, 0.1) is 45.3 Å². The van der Waals surface area contributed by atoms with Crippen LogP contribution >= 0.6 is 11.6 Å². The van der Waals surface area contributed by atoms with Crippen LogP contribution < -0.4 is 4.31 Å². The van der Waals surface area contributed by atoms with Crippen molar-refractivity contribution in [1.29, 1.82) is 0 Å². The van der Waals surface area contributed by atoms with E-state index >= 15 is 0 Å². The number of hydrogen-bond donors (Lipinski definition) is 1. The molecule has 1 atom stereocenters. The number of halogens is 4. The maximum Gasteiger partial charge on any atom is 0.417 e. The first kappa shape index (κ1) is 25.2. The molecule has 1 N–H and O–H groups in total. The van der Waals surface area contributed by atoms with E-state index in [4.69, 9.17) is 11.6 Å². The van der Waals surface area contributed by atoms with E-state index in [-0.39, 0.29) is 27.8 Å². The van der Waals surface area contributed by atoms with Gasteiger partial charge in [0.25, 0.3) is 0 Å². The Balaban J connectivity index is 1.55. The molecule has 0 radical (unpaired) electrons. The second-order valence-electron chi connectivity index (χ2n) is 8.81. The molecule has 1 aliphatic rings. The summed E-state index contributed by atoms with van der Waals surface area (Å²) >= 11 is 6.25. The molecule has 1 unspecified atom stereocenters. The van der Waals surface area contributed by atoms with Crippen molar-refractivity contribution >= 4 is 45.3 Å². The van der Waals surface area contributed by atoms with E-state index in [1.165, 1.54) is 22.5 Å². The standard InChI is InChI=1S/C25H20ClF3N4O3S/c1-14-8-16(24(34)35)3-7-22(14)37(36)32(23-20(26)10-18(12-30-23)25(27,28)29)13-15-2-6-21-17(9-15)11-31-33(21)19-4-5-19/h2-3,6-12,19H,4-5,13H2,1H3,(H,34,35). The fourth-order valence-electron chi connectivity index (χ4n) is 4.06. The fourth-order valence-corrected chi connectivity index (χ4v) is 5.70. The molecule has 1 fully saturated rings. The Hall–Kier alpha value is -3.44. The first-order valence-electron chi connectivity index (χ1n) is 11.2. The monoisotopic (exact) mass is 548 g/mol. The van der Waals surface area contributed by atoms with Gasteiger partial charge in [0, 0.05) is 11.6 Å². The summed E-state index contributed by atoms with van der Waals surface area (Å²) in [6, 6.07) is 10.9. The molecule has 2 heterocycles. The molecular formula is C25H20ClF3N4O3S. The molecule has 1 saturated carbocycles. The highest BCUT2D eigenvalue weighted by Crippen LogP contribution is 2.38. The van der Waals surface area contributed by atoms with Crippen LogP contribution in [0.1, 0.15) is 45.9 Å². The summed E-state index contributed by atoms with van der Waals surface area (Å²) in [7, 11) is -1.98. The minimum absolute atomic E-state index is 0.00929. The maximum atomic E-state index is 13.8. The van der Waals surface area contributed by atoms with Crippen LogP contribution in [0.3, 0.4) is 0 Å². The van der Waals surface area contributed by atoms with Crippen molar-refractivity contribution < 1.29 is 27.3 Å². The van der Waals surface area contributed by atoms with E-state index in [0.717, 1.165) is 29.8 Å². The number of fused-ring (bicyclic) bond motifs is 1. The zero-order valence-electron chi connectivity index (χ0n) is 19.4. The van der Waals surface area contributed by atoms with E-state index in [1.54, 1.807) is 13.1 Å². The summed E-state index contributed by atoms with van der Waals surface area (Å²) in [5, 5.41) is 14.3. The topological polar surface area (TPSA) is 88.3 Å². The highest BCUT2D eigenvalue weighted by molar-refractivity contribution is 7.86. The van der Waals surface area contributed by atoms with Crippen molar-refractivity contribution in [2.24, 2.45) is 0 Å². The molecule has 2 aromatic carbocycles. The molecule has 1 aliphatic carbocycles. The van der Waals surface area contributed by atoms with Crippen LogP contribution in [0.4, 0.5) is 19.0 Å². The third-order valence-corrected chi connectivity index (χ3v) is 7.89. The summed E-state index contributed by atoms with van der Waals surface area (Å²) in [4.78, 5) is 15.5. The number of carbonyl (C=O) groups is 1. The third-order valence-electron chi connectivity index (χ3n) is 6.07. The van der Waals surface area contributed by atoms with Crippen molar-refractivity contribution in [3.8, 4) is 0 Å². The van der Waals surface area contributed by atoms with E-state index in [1.807, 2.05) is 22.9 Å². The molecule has 0 spiro atoms. The van der Waals surface area contributed by atoms with Crippen molar-refractivity contribution in [2.45, 2.75) is 43.4 Å². The average molecular weight is 549 g/mol. The lowest BCUT2D eigenvalue weighted by molar-refractivity contribution is -0.137. The van der Waals surface area contributed by atoms with Crippen LogP contribution in [-0.2, 0) is 23.7 Å². The number of nitrogens with zero attached hydrogens (tertiary/aromatic N) is 4. The Bertz CT molecular complexity index is 1550. The number of anilines is 1. The number of carboxylic acids is 1. The van der Waals surface area contributed by atoms with Crippen LogP contribution in [-0.4, -0.2) is 30.0 Å². The van der Waals surface area contributed by atoms with Gasteiger partial charge >= 0.3 is 12.1 Å². The van der Waals surface area contributed by atoms with Crippen molar-refractivity contribution in [3.05, 3.63) is 82.1 Å². The summed E-state index contributed by atoms with van der Waals surface area (Å²) in [5.74, 6) is -1.23. The molecule has 0 bridgehead atoms. The Labute approximate surface area is 217 Å². The van der Waals surface area contributed by atoms with E-state index < -0.39 is 28.7 Å². The quantitative estimate of drug-likeness (QED) is 0.298. The highest BCUT2D eigenvalue weighted by atomic mass is 35.5. The van der Waals surface area contributed by atoms with Gasteiger partial charge in [-0.3, -0.25) is 8.99 Å². The summed E-state index contributed by atoms with van der Waals surface area (Å²) < 4.78 is 56.7. The van der Waals surface area contributed by atoms with Gasteiger partial charge in [-0.05, 0) is 67.3 Å². The van der Waals surface area contributed by atoms with Gasteiger partial charge in [-0.25, -0.2) is 14.0 Å². The summed E-state index contributed by atoms with van der Waals surface area (Å²) in [5.41, 5.74) is 1.11. The van der Waals surface area contributed by atoms with E-state index in [0.29, 0.717) is 23.4 Å². The number of pyridine rings is 1. The van der Waals surface area contributed by atoms with Crippen molar-refractivity contribution in [1.82, 2.24) is 14.8 Å². The molecule has 5 rings (SSSR count). The number of alkyl halides is 3. The molecule has 0 aliphatic heterocycles. The first-order chi connectivity index (χ1) is 17.5. The second-order valence-corrected chi connectivity index (χ2v) is 10.6. The average Bonchev–Trinajstić information content (AvgIpc) is 3.60. The van der Waals surface area contributed by atoms with Gasteiger partial charge in [-0.1, -0.05) is 17.7 Å². The lowest BCUT2D eigenvalue weighted by atomic mass is 10.1. The van der Waals surface area contributed by atoms with Gasteiger partial charge in [-0.15, -0.1) is 0 Å². The largest absolute Gasteiger partial charge is 0.478 e. The predicted molar refractivity (Wildman–Crippen MR) is 133 cm³/mol.